The smallest absolute Gasteiger partial charge is 0.256 e. The lowest BCUT2D eigenvalue weighted by Gasteiger charge is -2.36. The minimum Gasteiger partial charge on any atom is -0.368 e. The van der Waals surface area contributed by atoms with Gasteiger partial charge in [0.15, 0.2) is 0 Å². The van der Waals surface area contributed by atoms with Gasteiger partial charge in [-0.2, -0.15) is 0 Å². The predicted molar refractivity (Wildman–Crippen MR) is 113 cm³/mol. The van der Waals surface area contributed by atoms with E-state index < -0.39 is 5.82 Å². The third-order valence-electron chi connectivity index (χ3n) is 5.06. The number of hydrogen-bond donors (Lipinski definition) is 1. The van der Waals surface area contributed by atoms with Crippen molar-refractivity contribution in [2.75, 3.05) is 36.4 Å². The second-order valence-electron chi connectivity index (χ2n) is 7.11. The number of hydrogen-bond acceptors (Lipinski definition) is 4. The maximum Gasteiger partial charge on any atom is 0.256 e. The van der Waals surface area contributed by atoms with E-state index in [-0.39, 0.29) is 11.5 Å². The maximum absolute atomic E-state index is 13.3. The molecule has 4 rings (SSSR count). The molecule has 0 aliphatic carbocycles. The molecular weight excluding hydrogens is 367 g/mol. The summed E-state index contributed by atoms with van der Waals surface area (Å²) in [6.45, 7) is 4.82. The van der Waals surface area contributed by atoms with Crippen molar-refractivity contribution < 1.29 is 9.18 Å². The Kier molecular flexibility index (Phi) is 5.81. The zero-order valence-corrected chi connectivity index (χ0v) is 16.1. The normalized spacial score (nSPS) is 14.6. The summed E-state index contributed by atoms with van der Waals surface area (Å²) in [6, 6.07) is 19.8. The maximum atomic E-state index is 13.3. The van der Waals surface area contributed by atoms with Crippen LogP contribution in [0.1, 0.15) is 15.9 Å². The van der Waals surface area contributed by atoms with Gasteiger partial charge in [-0.15, -0.1) is 0 Å². The third-order valence-corrected chi connectivity index (χ3v) is 5.06. The fourth-order valence-corrected chi connectivity index (χ4v) is 3.47. The van der Waals surface area contributed by atoms with Gasteiger partial charge in [-0.25, -0.2) is 9.37 Å². The van der Waals surface area contributed by atoms with Crippen molar-refractivity contribution >= 4 is 17.4 Å². The van der Waals surface area contributed by atoms with E-state index in [0.29, 0.717) is 5.82 Å². The molecule has 0 atom stereocenters. The average molecular weight is 390 g/mol. The van der Waals surface area contributed by atoms with Gasteiger partial charge in [-0.1, -0.05) is 36.4 Å². The summed E-state index contributed by atoms with van der Waals surface area (Å²) in [5.74, 6) is -0.364. The summed E-state index contributed by atoms with van der Waals surface area (Å²) in [6.07, 6.45) is 1.77. The van der Waals surface area contributed by atoms with Gasteiger partial charge < -0.3 is 10.2 Å². The van der Waals surface area contributed by atoms with Gasteiger partial charge in [-0.3, -0.25) is 9.69 Å². The van der Waals surface area contributed by atoms with E-state index in [1.807, 2.05) is 12.1 Å². The Hall–Kier alpha value is -3.25. The zero-order chi connectivity index (χ0) is 20.1. The number of amides is 1. The van der Waals surface area contributed by atoms with Crippen LogP contribution < -0.4 is 10.2 Å². The molecule has 29 heavy (non-hydrogen) atoms. The summed E-state index contributed by atoms with van der Waals surface area (Å²) in [7, 11) is 0. The monoisotopic (exact) mass is 390 g/mol. The summed E-state index contributed by atoms with van der Waals surface area (Å²) in [5, 5.41) is 2.71. The molecule has 0 spiro atoms. The summed E-state index contributed by atoms with van der Waals surface area (Å²) < 4.78 is 13.3. The minimum absolute atomic E-state index is 0.269. The summed E-state index contributed by atoms with van der Waals surface area (Å²) >= 11 is 0. The number of nitrogens with one attached hydrogen (secondary N) is 1. The SMILES string of the molecule is O=C(Nc1ccc(N2CCN(Cc3ccccc3)CC2)cn1)c1cccc(F)c1. The van der Waals surface area contributed by atoms with Crippen LogP contribution in [0, 0.1) is 5.82 Å². The molecule has 1 aromatic heterocycles. The van der Waals surface area contributed by atoms with Crippen LogP contribution in [0.2, 0.25) is 0 Å². The van der Waals surface area contributed by atoms with Gasteiger partial charge in [0.05, 0.1) is 11.9 Å². The van der Waals surface area contributed by atoms with Gasteiger partial charge >= 0.3 is 0 Å². The van der Waals surface area contributed by atoms with Crippen LogP contribution in [-0.4, -0.2) is 42.0 Å². The molecule has 0 saturated carbocycles. The summed E-state index contributed by atoms with van der Waals surface area (Å²) in [5.41, 5.74) is 2.64. The van der Waals surface area contributed by atoms with E-state index >= 15 is 0 Å². The molecule has 148 valence electrons. The first-order valence-corrected chi connectivity index (χ1v) is 9.71. The van der Waals surface area contributed by atoms with Crippen molar-refractivity contribution in [1.82, 2.24) is 9.88 Å². The van der Waals surface area contributed by atoms with Crippen LogP contribution in [0.3, 0.4) is 0 Å². The molecule has 2 aromatic carbocycles. The van der Waals surface area contributed by atoms with Gasteiger partial charge in [0, 0.05) is 38.3 Å². The Balaban J connectivity index is 1.31. The standard InChI is InChI=1S/C23H23FN4O/c24-20-8-4-7-19(15-20)23(29)26-22-10-9-21(16-25-22)28-13-11-27(12-14-28)17-18-5-2-1-3-6-18/h1-10,15-16H,11-14,17H2,(H,25,26,29). The molecule has 2 heterocycles. The quantitative estimate of drug-likeness (QED) is 0.720. The van der Waals surface area contributed by atoms with Crippen LogP contribution >= 0.6 is 0 Å². The van der Waals surface area contributed by atoms with E-state index in [1.165, 1.54) is 23.8 Å². The number of anilines is 2. The van der Waals surface area contributed by atoms with E-state index in [2.05, 4.69) is 44.4 Å². The highest BCUT2D eigenvalue weighted by Gasteiger charge is 2.17. The Morgan fingerprint density at radius 3 is 2.45 bits per heavy atom. The number of piperazine rings is 1. The van der Waals surface area contributed by atoms with Crippen LogP contribution in [0.25, 0.3) is 0 Å². The fraction of sp³-hybridized carbons (Fsp3) is 0.217. The topological polar surface area (TPSA) is 48.5 Å². The molecular formula is C23H23FN4O. The minimum atomic E-state index is -0.438. The van der Waals surface area contributed by atoms with E-state index in [1.54, 1.807) is 18.3 Å². The Bertz CT molecular complexity index is 954. The highest BCUT2D eigenvalue weighted by Crippen LogP contribution is 2.18. The van der Waals surface area contributed by atoms with E-state index in [0.717, 1.165) is 38.4 Å². The molecule has 1 amide bonds. The largest absolute Gasteiger partial charge is 0.368 e. The lowest BCUT2D eigenvalue weighted by atomic mass is 10.2. The Morgan fingerprint density at radius 2 is 1.76 bits per heavy atom. The molecule has 1 N–H and O–H groups in total. The lowest BCUT2D eigenvalue weighted by molar-refractivity contribution is 0.102. The molecule has 1 saturated heterocycles. The molecule has 0 radical (unpaired) electrons. The van der Waals surface area contributed by atoms with Crippen molar-refractivity contribution in [2.24, 2.45) is 0 Å². The number of aromatic nitrogens is 1. The van der Waals surface area contributed by atoms with Crippen molar-refractivity contribution in [3.63, 3.8) is 0 Å². The van der Waals surface area contributed by atoms with Crippen molar-refractivity contribution in [3.05, 3.63) is 89.9 Å². The molecule has 5 nitrogen and oxygen atoms in total. The first kappa shape index (κ1) is 19.1. The van der Waals surface area contributed by atoms with Gasteiger partial charge in [-0.05, 0) is 35.9 Å². The number of nitrogens with zero attached hydrogens (tertiary/aromatic N) is 3. The third kappa shape index (κ3) is 4.97. The van der Waals surface area contributed by atoms with Crippen LogP contribution in [0.4, 0.5) is 15.9 Å². The fourth-order valence-electron chi connectivity index (χ4n) is 3.47. The van der Waals surface area contributed by atoms with Crippen molar-refractivity contribution in [1.29, 1.82) is 0 Å². The molecule has 3 aromatic rings. The zero-order valence-electron chi connectivity index (χ0n) is 16.1. The van der Waals surface area contributed by atoms with Gasteiger partial charge in [0.2, 0.25) is 0 Å². The average Bonchev–Trinajstić information content (AvgIpc) is 2.76. The van der Waals surface area contributed by atoms with Crippen LogP contribution in [-0.2, 0) is 6.54 Å². The number of pyridine rings is 1. The van der Waals surface area contributed by atoms with Crippen molar-refractivity contribution in [3.8, 4) is 0 Å². The number of halogens is 1. The van der Waals surface area contributed by atoms with Crippen molar-refractivity contribution in [2.45, 2.75) is 6.54 Å². The Morgan fingerprint density at radius 1 is 0.966 bits per heavy atom. The van der Waals surface area contributed by atoms with E-state index in [9.17, 15) is 9.18 Å². The second kappa shape index (κ2) is 8.84. The first-order chi connectivity index (χ1) is 14.2. The van der Waals surface area contributed by atoms with Crippen LogP contribution in [0.15, 0.2) is 72.9 Å². The predicted octanol–water partition coefficient (Wildman–Crippen LogP) is 3.80. The molecule has 0 unspecified atom stereocenters. The summed E-state index contributed by atoms with van der Waals surface area (Å²) in [4.78, 5) is 21.3. The molecule has 1 aliphatic rings. The van der Waals surface area contributed by atoms with Gasteiger partial charge in [0.1, 0.15) is 11.6 Å². The Labute approximate surface area is 169 Å². The molecule has 1 fully saturated rings. The molecule has 6 heteroatoms. The number of benzene rings is 2. The highest BCUT2D eigenvalue weighted by molar-refractivity contribution is 6.03. The molecule has 1 aliphatic heterocycles. The molecule has 0 bridgehead atoms. The number of carbonyl (C=O) groups excluding carboxylic acids is 1. The number of rotatable bonds is 5. The first-order valence-electron chi connectivity index (χ1n) is 9.71. The second-order valence-corrected chi connectivity index (χ2v) is 7.11. The lowest BCUT2D eigenvalue weighted by Crippen LogP contribution is -2.46. The van der Waals surface area contributed by atoms with Crippen LogP contribution in [0.5, 0.6) is 0 Å². The van der Waals surface area contributed by atoms with E-state index in [4.69, 9.17) is 0 Å². The number of carbonyl (C=O) groups is 1. The highest BCUT2D eigenvalue weighted by atomic mass is 19.1. The van der Waals surface area contributed by atoms with Gasteiger partial charge in [0.25, 0.3) is 5.91 Å².